The van der Waals surface area contributed by atoms with E-state index in [1.165, 1.54) is 0 Å². The van der Waals surface area contributed by atoms with Crippen molar-refractivity contribution in [1.29, 1.82) is 0 Å². The molecule has 0 aromatic heterocycles. The number of carbonyl (C=O) groups is 2. The van der Waals surface area contributed by atoms with E-state index >= 15 is 0 Å². The van der Waals surface area contributed by atoms with Gasteiger partial charge in [0.1, 0.15) is 6.04 Å². The third kappa shape index (κ3) is 4.33. The van der Waals surface area contributed by atoms with E-state index < -0.39 is 6.04 Å². The quantitative estimate of drug-likeness (QED) is 0.882. The first-order valence-corrected chi connectivity index (χ1v) is 7.06. The molecule has 1 saturated heterocycles. The average molecular weight is 332 g/mol. The van der Waals surface area contributed by atoms with Crippen LogP contribution in [0.4, 0.5) is 5.69 Å². The number of nitrogens with one attached hydrogen (secondary N) is 1. The molecule has 0 radical (unpaired) electrons. The van der Waals surface area contributed by atoms with E-state index in [4.69, 9.17) is 17.3 Å². The molecule has 1 atom stereocenters. The molecule has 7 heteroatoms. The Balaban J connectivity index is 0.00000220. The Labute approximate surface area is 135 Å². The Hall–Kier alpha value is -1.30. The summed E-state index contributed by atoms with van der Waals surface area (Å²) in [5.41, 5.74) is 6.03. The summed E-state index contributed by atoms with van der Waals surface area (Å²) in [6, 6.07) is 6.73. The fraction of sp³-hybridized carbons (Fsp3) is 0.429. The highest BCUT2D eigenvalue weighted by molar-refractivity contribution is 6.33. The van der Waals surface area contributed by atoms with Crippen LogP contribution in [-0.4, -0.2) is 30.9 Å². The minimum atomic E-state index is -0.487. The maximum absolute atomic E-state index is 12.4. The highest BCUT2D eigenvalue weighted by Gasteiger charge is 2.31. The number of nitrogens with zero attached hydrogens (tertiary/aromatic N) is 1. The van der Waals surface area contributed by atoms with E-state index in [2.05, 4.69) is 5.32 Å². The second-order valence-electron chi connectivity index (χ2n) is 4.74. The second kappa shape index (κ2) is 8.22. The van der Waals surface area contributed by atoms with Crippen LogP contribution in [0.3, 0.4) is 0 Å². The first kappa shape index (κ1) is 17.8. The number of benzene rings is 1. The number of carbonyl (C=O) groups excluding carboxylic acids is 2. The topological polar surface area (TPSA) is 75.4 Å². The molecule has 2 rings (SSSR count). The summed E-state index contributed by atoms with van der Waals surface area (Å²) >= 11 is 6.13. The summed E-state index contributed by atoms with van der Waals surface area (Å²) in [7, 11) is 0. The number of hydrogen-bond acceptors (Lipinski definition) is 3. The molecule has 0 spiro atoms. The van der Waals surface area contributed by atoms with Crippen LogP contribution < -0.4 is 16.0 Å². The number of para-hydroxylation sites is 1. The van der Waals surface area contributed by atoms with Crippen molar-refractivity contribution in [2.75, 3.05) is 18.0 Å². The van der Waals surface area contributed by atoms with Gasteiger partial charge < -0.3 is 16.0 Å². The number of nitrogens with two attached hydrogens (primary N) is 1. The van der Waals surface area contributed by atoms with Gasteiger partial charge in [-0.3, -0.25) is 9.59 Å². The van der Waals surface area contributed by atoms with Gasteiger partial charge in [0, 0.05) is 19.5 Å². The molecule has 3 N–H and O–H groups in total. The van der Waals surface area contributed by atoms with Crippen LogP contribution in [0.1, 0.15) is 19.3 Å². The molecule has 2 amide bonds. The largest absolute Gasteiger partial charge is 0.344 e. The minimum Gasteiger partial charge on any atom is -0.344 e. The zero-order valence-corrected chi connectivity index (χ0v) is 13.1. The fourth-order valence-corrected chi connectivity index (χ4v) is 2.55. The van der Waals surface area contributed by atoms with Crippen LogP contribution in [0, 0.1) is 0 Å². The van der Waals surface area contributed by atoms with Crippen molar-refractivity contribution in [3.05, 3.63) is 29.3 Å². The van der Waals surface area contributed by atoms with Crippen molar-refractivity contribution < 1.29 is 9.59 Å². The lowest BCUT2D eigenvalue weighted by atomic mass is 10.0. The lowest BCUT2D eigenvalue weighted by Crippen LogP contribution is -2.52. The van der Waals surface area contributed by atoms with E-state index in [0.29, 0.717) is 23.7 Å². The van der Waals surface area contributed by atoms with Gasteiger partial charge in [0.05, 0.1) is 10.7 Å². The summed E-state index contributed by atoms with van der Waals surface area (Å²) in [6.07, 6.45) is 1.70. The van der Waals surface area contributed by atoms with E-state index in [1.807, 2.05) is 18.2 Å². The Kier molecular flexibility index (Phi) is 6.95. The minimum absolute atomic E-state index is 0. The van der Waals surface area contributed by atoms with Gasteiger partial charge in [-0.15, -0.1) is 12.4 Å². The molecular formula is C14H19Cl2N3O2. The van der Waals surface area contributed by atoms with Crippen molar-refractivity contribution in [2.24, 2.45) is 5.73 Å². The van der Waals surface area contributed by atoms with Gasteiger partial charge in [-0.1, -0.05) is 23.7 Å². The van der Waals surface area contributed by atoms with Gasteiger partial charge in [-0.25, -0.2) is 0 Å². The molecule has 1 heterocycles. The van der Waals surface area contributed by atoms with Gasteiger partial charge in [-0.2, -0.15) is 0 Å². The van der Waals surface area contributed by atoms with Crippen LogP contribution >= 0.6 is 24.0 Å². The summed E-state index contributed by atoms with van der Waals surface area (Å²) < 4.78 is 0. The number of anilines is 1. The fourth-order valence-electron chi connectivity index (χ4n) is 2.32. The monoisotopic (exact) mass is 331 g/mol. The number of halogens is 2. The molecule has 116 valence electrons. The third-order valence-electron chi connectivity index (χ3n) is 3.29. The SMILES string of the molecule is Cl.NCCC(=O)NC1CCCN(c2ccccc2Cl)C1=O. The first-order valence-electron chi connectivity index (χ1n) is 6.69. The maximum Gasteiger partial charge on any atom is 0.249 e. The normalized spacial score (nSPS) is 18.1. The van der Waals surface area contributed by atoms with E-state index in [9.17, 15) is 9.59 Å². The van der Waals surface area contributed by atoms with Crippen LogP contribution in [-0.2, 0) is 9.59 Å². The number of rotatable bonds is 4. The lowest BCUT2D eigenvalue weighted by molar-refractivity contribution is -0.128. The molecule has 21 heavy (non-hydrogen) atoms. The number of piperidine rings is 1. The number of hydrogen-bond donors (Lipinski definition) is 2. The molecule has 1 aliphatic heterocycles. The van der Waals surface area contributed by atoms with Crippen LogP contribution in [0.5, 0.6) is 0 Å². The van der Waals surface area contributed by atoms with Crippen molar-refractivity contribution in [1.82, 2.24) is 5.32 Å². The average Bonchev–Trinajstić information content (AvgIpc) is 2.42. The lowest BCUT2D eigenvalue weighted by Gasteiger charge is -2.33. The Morgan fingerprint density at radius 2 is 2.14 bits per heavy atom. The van der Waals surface area contributed by atoms with Gasteiger partial charge in [0.25, 0.3) is 0 Å². The second-order valence-corrected chi connectivity index (χ2v) is 5.15. The third-order valence-corrected chi connectivity index (χ3v) is 3.61. The summed E-state index contributed by atoms with van der Waals surface area (Å²) in [5.74, 6) is -0.304. The molecule has 0 bridgehead atoms. The molecule has 1 fully saturated rings. The summed E-state index contributed by atoms with van der Waals surface area (Å²) in [4.78, 5) is 25.7. The van der Waals surface area contributed by atoms with Crippen molar-refractivity contribution in [3.63, 3.8) is 0 Å². The van der Waals surface area contributed by atoms with Crippen LogP contribution in [0.15, 0.2) is 24.3 Å². The predicted octanol–water partition coefficient (Wildman–Crippen LogP) is 1.72. The molecule has 0 aliphatic carbocycles. The molecule has 1 aromatic rings. The summed E-state index contributed by atoms with van der Waals surface area (Å²) in [6.45, 7) is 0.896. The predicted molar refractivity (Wildman–Crippen MR) is 85.9 cm³/mol. The smallest absolute Gasteiger partial charge is 0.249 e. The summed E-state index contributed by atoms with van der Waals surface area (Å²) in [5, 5.41) is 3.27. The maximum atomic E-state index is 12.4. The van der Waals surface area contributed by atoms with Gasteiger partial charge in [-0.05, 0) is 25.0 Å². The van der Waals surface area contributed by atoms with Gasteiger partial charge >= 0.3 is 0 Å². The van der Waals surface area contributed by atoms with Crippen LogP contribution in [0.2, 0.25) is 5.02 Å². The van der Waals surface area contributed by atoms with Crippen molar-refractivity contribution in [2.45, 2.75) is 25.3 Å². The van der Waals surface area contributed by atoms with E-state index in [-0.39, 0.29) is 37.2 Å². The van der Waals surface area contributed by atoms with Crippen LogP contribution in [0.25, 0.3) is 0 Å². The zero-order chi connectivity index (χ0) is 14.5. The Bertz CT molecular complexity index is 511. The molecule has 1 aliphatic rings. The van der Waals surface area contributed by atoms with Gasteiger partial charge in [0.2, 0.25) is 11.8 Å². The molecule has 0 saturated carbocycles. The standard InChI is InChI=1S/C14H18ClN3O2.ClH/c15-10-4-1-2-6-12(10)18-9-3-5-11(14(18)20)17-13(19)7-8-16;/h1-2,4,6,11H,3,5,7-9,16H2,(H,17,19);1H. The molecular weight excluding hydrogens is 313 g/mol. The Morgan fingerprint density at radius 3 is 2.81 bits per heavy atom. The number of amides is 2. The van der Waals surface area contributed by atoms with E-state index in [0.717, 1.165) is 6.42 Å². The molecule has 1 aromatic carbocycles. The highest BCUT2D eigenvalue weighted by atomic mass is 35.5. The zero-order valence-electron chi connectivity index (χ0n) is 11.5. The van der Waals surface area contributed by atoms with E-state index in [1.54, 1.807) is 11.0 Å². The molecule has 1 unspecified atom stereocenters. The van der Waals surface area contributed by atoms with Crippen molar-refractivity contribution >= 4 is 41.5 Å². The van der Waals surface area contributed by atoms with Gasteiger partial charge in [0.15, 0.2) is 0 Å². The highest BCUT2D eigenvalue weighted by Crippen LogP contribution is 2.28. The molecule has 5 nitrogen and oxygen atoms in total. The van der Waals surface area contributed by atoms with Crippen molar-refractivity contribution in [3.8, 4) is 0 Å². The first-order chi connectivity index (χ1) is 9.63. The Morgan fingerprint density at radius 1 is 1.43 bits per heavy atom.